The molecule has 2 bridgehead atoms. The standard InChI is InChI=1S/C12H9Cl6NO3/c1-2-3-22-19-8(20)4-5(9(19)21)11(16)7(14)6(13)10(4,15)12(11,17)18/h4-5H,2-3H2,1H3/t4-,5+,10-,11-/m1/s1. The van der Waals surface area contributed by atoms with Crippen molar-refractivity contribution in [3.8, 4) is 0 Å². The van der Waals surface area contributed by atoms with E-state index in [1.165, 1.54) is 0 Å². The molecule has 2 fully saturated rings. The Bertz CT molecular complexity index is 576. The fourth-order valence-electron chi connectivity index (χ4n) is 3.28. The third kappa shape index (κ3) is 1.58. The molecule has 0 aromatic heterocycles. The maximum atomic E-state index is 12.6. The zero-order chi connectivity index (χ0) is 16.7. The van der Waals surface area contributed by atoms with Gasteiger partial charge in [0.1, 0.15) is 9.75 Å². The van der Waals surface area contributed by atoms with Crippen molar-refractivity contribution in [1.29, 1.82) is 0 Å². The lowest BCUT2D eigenvalue weighted by molar-refractivity contribution is -0.190. The van der Waals surface area contributed by atoms with Crippen LogP contribution in [0.15, 0.2) is 10.1 Å². The van der Waals surface area contributed by atoms with E-state index in [0.29, 0.717) is 11.5 Å². The van der Waals surface area contributed by atoms with Gasteiger partial charge in [-0.05, 0) is 6.42 Å². The number of hydroxylamine groups is 2. The van der Waals surface area contributed by atoms with E-state index in [1.54, 1.807) is 0 Å². The number of carbonyl (C=O) groups is 2. The highest BCUT2D eigenvalue weighted by molar-refractivity contribution is 6.66. The molecule has 0 aromatic rings. The van der Waals surface area contributed by atoms with Crippen molar-refractivity contribution in [3.63, 3.8) is 0 Å². The molecular weight excluding hydrogens is 419 g/mol. The van der Waals surface area contributed by atoms with Gasteiger partial charge in [0.25, 0.3) is 11.8 Å². The molecule has 3 aliphatic rings. The molecule has 1 saturated heterocycles. The fraction of sp³-hybridized carbons (Fsp3) is 0.667. The van der Waals surface area contributed by atoms with Crippen molar-refractivity contribution in [3.05, 3.63) is 10.1 Å². The molecule has 0 radical (unpaired) electrons. The fourth-order valence-corrected chi connectivity index (χ4v) is 6.21. The van der Waals surface area contributed by atoms with Gasteiger partial charge in [-0.1, -0.05) is 53.3 Å². The molecule has 0 spiro atoms. The topological polar surface area (TPSA) is 46.6 Å². The lowest BCUT2D eigenvalue weighted by atomic mass is 9.84. The number of hydrogen-bond donors (Lipinski definition) is 0. The van der Waals surface area contributed by atoms with Crippen LogP contribution >= 0.6 is 69.6 Å². The predicted molar refractivity (Wildman–Crippen MR) is 85.4 cm³/mol. The van der Waals surface area contributed by atoms with E-state index in [1.807, 2.05) is 6.92 Å². The second-order valence-electron chi connectivity index (χ2n) is 5.39. The third-order valence-corrected chi connectivity index (χ3v) is 8.55. The van der Waals surface area contributed by atoms with Crippen molar-refractivity contribution < 1.29 is 14.4 Å². The largest absolute Gasteiger partial charge is 0.272 e. The van der Waals surface area contributed by atoms with Crippen molar-refractivity contribution in [2.75, 3.05) is 6.61 Å². The second kappa shape index (κ2) is 5.04. The molecule has 2 aliphatic carbocycles. The number of alkyl halides is 4. The van der Waals surface area contributed by atoms with E-state index in [-0.39, 0.29) is 16.7 Å². The first-order valence-electron chi connectivity index (χ1n) is 6.41. The molecule has 3 rings (SSSR count). The van der Waals surface area contributed by atoms with Crippen LogP contribution in [-0.4, -0.2) is 37.6 Å². The van der Waals surface area contributed by atoms with Gasteiger partial charge in [0, 0.05) is 0 Å². The Hall–Kier alpha value is 0.580. The Morgan fingerprint density at radius 1 is 1.00 bits per heavy atom. The van der Waals surface area contributed by atoms with Gasteiger partial charge in [-0.25, -0.2) is 0 Å². The molecule has 4 atom stereocenters. The summed E-state index contributed by atoms with van der Waals surface area (Å²) in [5, 5.41) is 0.432. The lowest BCUT2D eigenvalue weighted by Crippen LogP contribution is -2.50. The molecule has 122 valence electrons. The number of carbonyl (C=O) groups excluding carboxylic acids is 2. The van der Waals surface area contributed by atoms with Gasteiger partial charge < -0.3 is 0 Å². The highest BCUT2D eigenvalue weighted by Gasteiger charge is 2.87. The summed E-state index contributed by atoms with van der Waals surface area (Å²) in [5.41, 5.74) is 0. The van der Waals surface area contributed by atoms with Crippen LogP contribution in [0, 0.1) is 11.8 Å². The lowest BCUT2D eigenvalue weighted by Gasteiger charge is -2.34. The van der Waals surface area contributed by atoms with Crippen LogP contribution < -0.4 is 0 Å². The minimum atomic E-state index is -1.91. The van der Waals surface area contributed by atoms with Crippen LogP contribution in [0.5, 0.6) is 0 Å². The quantitative estimate of drug-likeness (QED) is 0.508. The van der Waals surface area contributed by atoms with Crippen LogP contribution in [0.25, 0.3) is 0 Å². The van der Waals surface area contributed by atoms with Gasteiger partial charge in [-0.3, -0.25) is 14.4 Å². The summed E-state index contributed by atoms with van der Waals surface area (Å²) in [6, 6.07) is 0. The van der Waals surface area contributed by atoms with Gasteiger partial charge in [0.05, 0.1) is 28.5 Å². The molecule has 0 aromatic carbocycles. The molecule has 22 heavy (non-hydrogen) atoms. The molecule has 0 unspecified atom stereocenters. The van der Waals surface area contributed by atoms with Crippen molar-refractivity contribution in [2.45, 2.75) is 27.4 Å². The number of imide groups is 1. The average molecular weight is 428 g/mol. The molecule has 4 nitrogen and oxygen atoms in total. The number of amides is 2. The maximum absolute atomic E-state index is 12.6. The van der Waals surface area contributed by atoms with Gasteiger partial charge in [-0.2, -0.15) is 5.06 Å². The summed E-state index contributed by atoms with van der Waals surface area (Å²) in [5.74, 6) is -3.62. The summed E-state index contributed by atoms with van der Waals surface area (Å²) in [6.07, 6.45) is 0.610. The number of rotatable bonds is 3. The Labute approximate surface area is 156 Å². The molecule has 1 heterocycles. The smallest absolute Gasteiger partial charge is 0.259 e. The molecule has 1 saturated carbocycles. The maximum Gasteiger partial charge on any atom is 0.259 e. The van der Waals surface area contributed by atoms with E-state index in [4.69, 9.17) is 74.4 Å². The average Bonchev–Trinajstić information content (AvgIpc) is 2.83. The van der Waals surface area contributed by atoms with Gasteiger partial charge >= 0.3 is 0 Å². The second-order valence-corrected chi connectivity index (χ2v) is 8.66. The SMILES string of the molecule is CCCON1C(=O)[C@@H]2[C@H](C1=O)[C@@]1(Cl)C(Cl)=C(Cl)[C@@]2(Cl)C1(Cl)Cl. The molecular formula is C12H9Cl6NO3. The van der Waals surface area contributed by atoms with Crippen molar-refractivity contribution >= 4 is 81.4 Å². The molecule has 2 amide bonds. The summed E-state index contributed by atoms with van der Waals surface area (Å²) in [7, 11) is 0. The van der Waals surface area contributed by atoms with Gasteiger partial charge in [0.15, 0.2) is 4.33 Å². The number of fused-ring (bicyclic) bond motifs is 5. The Morgan fingerprint density at radius 2 is 1.41 bits per heavy atom. The van der Waals surface area contributed by atoms with Crippen LogP contribution in [-0.2, 0) is 14.4 Å². The van der Waals surface area contributed by atoms with Crippen molar-refractivity contribution in [2.24, 2.45) is 11.8 Å². The van der Waals surface area contributed by atoms with E-state index in [2.05, 4.69) is 0 Å². The summed E-state index contributed by atoms with van der Waals surface area (Å²) < 4.78 is -1.91. The normalized spacial score (nSPS) is 42.6. The Morgan fingerprint density at radius 3 is 1.77 bits per heavy atom. The van der Waals surface area contributed by atoms with E-state index >= 15 is 0 Å². The minimum Gasteiger partial charge on any atom is -0.272 e. The first kappa shape index (κ1) is 17.4. The number of nitrogens with zero attached hydrogens (tertiary/aromatic N) is 1. The van der Waals surface area contributed by atoms with Crippen LogP contribution in [0.1, 0.15) is 13.3 Å². The minimum absolute atomic E-state index is 0.115. The third-order valence-electron chi connectivity index (χ3n) is 4.29. The first-order valence-corrected chi connectivity index (χ1v) is 8.67. The Balaban J connectivity index is 2.15. The van der Waals surface area contributed by atoms with E-state index < -0.39 is 37.7 Å². The highest BCUT2D eigenvalue weighted by Crippen LogP contribution is 2.77. The number of halogens is 6. The van der Waals surface area contributed by atoms with Gasteiger partial charge in [-0.15, -0.1) is 23.2 Å². The summed E-state index contributed by atoms with van der Waals surface area (Å²) >= 11 is 37.9. The Kier molecular flexibility index (Phi) is 3.99. The van der Waals surface area contributed by atoms with Crippen LogP contribution in [0.3, 0.4) is 0 Å². The molecule has 0 N–H and O–H groups in total. The number of hydrogen-bond acceptors (Lipinski definition) is 3. The van der Waals surface area contributed by atoms with E-state index in [9.17, 15) is 9.59 Å². The van der Waals surface area contributed by atoms with Crippen LogP contribution in [0.2, 0.25) is 0 Å². The molecule has 1 aliphatic heterocycles. The predicted octanol–water partition coefficient (Wildman–Crippen LogP) is 3.77. The highest BCUT2D eigenvalue weighted by atomic mass is 35.5. The molecule has 10 heteroatoms. The number of allylic oxidation sites excluding steroid dienone is 2. The monoisotopic (exact) mass is 425 g/mol. The zero-order valence-corrected chi connectivity index (χ0v) is 15.5. The van der Waals surface area contributed by atoms with Crippen molar-refractivity contribution in [1.82, 2.24) is 5.06 Å². The first-order chi connectivity index (χ1) is 10.1. The summed E-state index contributed by atoms with van der Waals surface area (Å²) in [6.45, 7) is 2.02. The summed E-state index contributed by atoms with van der Waals surface area (Å²) in [4.78, 5) is 26.8. The van der Waals surface area contributed by atoms with E-state index in [0.717, 1.165) is 0 Å². The van der Waals surface area contributed by atoms with Crippen LogP contribution in [0.4, 0.5) is 0 Å². The van der Waals surface area contributed by atoms with Gasteiger partial charge in [0.2, 0.25) is 0 Å². The zero-order valence-electron chi connectivity index (χ0n) is 11.0.